The van der Waals surface area contributed by atoms with Crippen molar-refractivity contribution in [2.45, 2.75) is 19.8 Å². The molecule has 0 radical (unpaired) electrons. The Kier molecular flexibility index (Phi) is 5.31. The molecule has 0 fully saturated rings. The van der Waals surface area contributed by atoms with Gasteiger partial charge in [0.25, 0.3) is 0 Å². The Morgan fingerprint density at radius 3 is 2.50 bits per heavy atom. The number of benzene rings is 2. The minimum Gasteiger partial charge on any atom is -0.481 e. The molecule has 22 heavy (non-hydrogen) atoms. The van der Waals surface area contributed by atoms with Crippen LogP contribution in [0.5, 0.6) is 11.5 Å². The van der Waals surface area contributed by atoms with Crippen LogP contribution in [0.2, 0.25) is 0 Å². The summed E-state index contributed by atoms with van der Waals surface area (Å²) in [5.74, 6) is 0.0687. The van der Waals surface area contributed by atoms with E-state index in [0.717, 1.165) is 11.3 Å². The van der Waals surface area contributed by atoms with Gasteiger partial charge in [0.1, 0.15) is 11.5 Å². The first-order valence-electron chi connectivity index (χ1n) is 7.15. The van der Waals surface area contributed by atoms with E-state index in [9.17, 15) is 4.79 Å². The van der Waals surface area contributed by atoms with Crippen molar-refractivity contribution in [2.75, 3.05) is 0 Å². The maximum Gasteiger partial charge on any atom is 0.306 e. The lowest BCUT2D eigenvalue weighted by molar-refractivity contribution is -0.140. The van der Waals surface area contributed by atoms with Crippen molar-refractivity contribution < 1.29 is 14.6 Å². The number of para-hydroxylation sites is 1. The van der Waals surface area contributed by atoms with Gasteiger partial charge < -0.3 is 15.3 Å². The van der Waals surface area contributed by atoms with Gasteiger partial charge in [0.05, 0.1) is 5.92 Å². The van der Waals surface area contributed by atoms with E-state index in [1.54, 1.807) is 6.92 Å². The van der Waals surface area contributed by atoms with Crippen LogP contribution in [0, 0.1) is 11.3 Å². The highest BCUT2D eigenvalue weighted by atomic mass is 16.5. The lowest BCUT2D eigenvalue weighted by Crippen LogP contribution is -2.15. The second kappa shape index (κ2) is 7.41. The highest BCUT2D eigenvalue weighted by molar-refractivity contribution is 5.87. The van der Waals surface area contributed by atoms with E-state index < -0.39 is 11.9 Å². The van der Waals surface area contributed by atoms with Crippen LogP contribution in [-0.4, -0.2) is 16.8 Å². The predicted octanol–water partition coefficient (Wildman–Crippen LogP) is 4.15. The molecule has 0 heterocycles. The van der Waals surface area contributed by atoms with Gasteiger partial charge in [0.2, 0.25) is 0 Å². The van der Waals surface area contributed by atoms with E-state index >= 15 is 0 Å². The molecule has 0 bridgehead atoms. The average molecular weight is 297 g/mol. The molecule has 0 amide bonds. The van der Waals surface area contributed by atoms with Crippen molar-refractivity contribution in [3.05, 3.63) is 60.2 Å². The largest absolute Gasteiger partial charge is 0.481 e. The fraction of sp³-hybridized carbons (Fsp3) is 0.222. The van der Waals surface area contributed by atoms with Gasteiger partial charge in [-0.05, 0) is 36.2 Å². The molecule has 2 aromatic rings. The van der Waals surface area contributed by atoms with Crippen LogP contribution in [0.3, 0.4) is 0 Å². The first-order chi connectivity index (χ1) is 10.5. The first-order valence-corrected chi connectivity index (χ1v) is 7.15. The number of hydrogen-bond acceptors (Lipinski definition) is 3. The molecule has 0 aliphatic carbocycles. The van der Waals surface area contributed by atoms with Crippen molar-refractivity contribution in [1.82, 2.24) is 0 Å². The second-order valence-electron chi connectivity index (χ2n) is 5.29. The van der Waals surface area contributed by atoms with Gasteiger partial charge in [-0.3, -0.25) is 4.79 Å². The smallest absolute Gasteiger partial charge is 0.306 e. The van der Waals surface area contributed by atoms with Crippen LogP contribution >= 0.6 is 0 Å². The Bertz CT molecular complexity index is 652. The third-order valence-corrected chi connectivity index (χ3v) is 3.27. The Labute approximate surface area is 129 Å². The van der Waals surface area contributed by atoms with Gasteiger partial charge in [-0.15, -0.1) is 0 Å². The molecule has 0 aliphatic heterocycles. The highest BCUT2D eigenvalue weighted by Gasteiger charge is 2.13. The summed E-state index contributed by atoms with van der Waals surface area (Å²) in [6.45, 7) is 1.62. The second-order valence-corrected chi connectivity index (χ2v) is 5.29. The van der Waals surface area contributed by atoms with Crippen molar-refractivity contribution in [3.8, 4) is 11.5 Å². The summed E-state index contributed by atoms with van der Waals surface area (Å²) in [5, 5.41) is 16.8. The normalized spacial score (nSPS) is 11.7. The number of nitrogens with one attached hydrogen (secondary N) is 1. The number of carboxylic acids is 1. The molecule has 2 rings (SSSR count). The fourth-order valence-electron chi connectivity index (χ4n) is 2.12. The molecule has 4 heteroatoms. The van der Waals surface area contributed by atoms with Crippen LogP contribution in [0.4, 0.5) is 0 Å². The van der Waals surface area contributed by atoms with Gasteiger partial charge in [-0.25, -0.2) is 0 Å². The Hall–Kier alpha value is -2.62. The number of carbonyl (C=O) groups is 1. The van der Waals surface area contributed by atoms with Gasteiger partial charge in [-0.1, -0.05) is 37.3 Å². The predicted molar refractivity (Wildman–Crippen MR) is 85.8 cm³/mol. The van der Waals surface area contributed by atoms with E-state index in [1.807, 2.05) is 54.6 Å². The highest BCUT2D eigenvalue weighted by Crippen LogP contribution is 2.22. The molecule has 2 N–H and O–H groups in total. The van der Waals surface area contributed by atoms with Crippen LogP contribution in [-0.2, 0) is 11.2 Å². The van der Waals surface area contributed by atoms with Crippen molar-refractivity contribution in [3.63, 3.8) is 0 Å². The van der Waals surface area contributed by atoms with Crippen molar-refractivity contribution >= 4 is 11.7 Å². The molecule has 0 saturated carbocycles. The Morgan fingerprint density at radius 2 is 1.82 bits per heavy atom. The topological polar surface area (TPSA) is 70.4 Å². The summed E-state index contributed by atoms with van der Waals surface area (Å²) in [7, 11) is 0. The van der Waals surface area contributed by atoms with Crippen molar-refractivity contribution in [1.29, 1.82) is 5.41 Å². The SMILES string of the molecule is C[C@H](CC(=N)Cc1cccc(Oc2ccccc2)c1)C(=O)O. The maximum absolute atomic E-state index is 10.8. The summed E-state index contributed by atoms with van der Waals surface area (Å²) in [6, 6.07) is 17.0. The van der Waals surface area contributed by atoms with Gasteiger partial charge >= 0.3 is 5.97 Å². The molecule has 0 spiro atoms. The van der Waals surface area contributed by atoms with Gasteiger partial charge in [0, 0.05) is 12.1 Å². The van der Waals surface area contributed by atoms with E-state index in [-0.39, 0.29) is 6.42 Å². The van der Waals surface area contributed by atoms with Gasteiger partial charge in [-0.2, -0.15) is 0 Å². The first kappa shape index (κ1) is 15.8. The summed E-state index contributed by atoms with van der Waals surface area (Å²) in [5.41, 5.74) is 1.35. The molecule has 0 aliphatic rings. The molecule has 1 atom stereocenters. The molecule has 0 aromatic heterocycles. The third kappa shape index (κ3) is 4.74. The third-order valence-electron chi connectivity index (χ3n) is 3.27. The molecule has 114 valence electrons. The number of aliphatic carboxylic acids is 1. The number of carboxylic acid groups (broad SMARTS) is 1. The number of rotatable bonds is 7. The molecule has 4 nitrogen and oxygen atoms in total. The van der Waals surface area contributed by atoms with E-state index in [0.29, 0.717) is 17.9 Å². The summed E-state index contributed by atoms with van der Waals surface area (Å²) in [4.78, 5) is 10.8. The minimum atomic E-state index is -0.870. The zero-order valence-electron chi connectivity index (χ0n) is 12.5. The van der Waals surface area contributed by atoms with E-state index in [2.05, 4.69) is 0 Å². The quantitative estimate of drug-likeness (QED) is 0.754. The molecule has 0 saturated heterocycles. The summed E-state index contributed by atoms with van der Waals surface area (Å²) in [6.07, 6.45) is 0.697. The molecular formula is C18H19NO3. The monoisotopic (exact) mass is 297 g/mol. The minimum absolute atomic E-state index is 0.263. The van der Waals surface area contributed by atoms with Crippen LogP contribution in [0.25, 0.3) is 0 Å². The molecular weight excluding hydrogens is 278 g/mol. The summed E-state index contributed by atoms with van der Waals surface area (Å²) < 4.78 is 5.76. The maximum atomic E-state index is 10.8. The number of ether oxygens (including phenoxy) is 1. The summed E-state index contributed by atoms with van der Waals surface area (Å²) >= 11 is 0. The lowest BCUT2D eigenvalue weighted by atomic mass is 9.99. The van der Waals surface area contributed by atoms with E-state index in [1.165, 1.54) is 0 Å². The standard InChI is InChI=1S/C18H19NO3/c1-13(18(20)21)10-15(19)11-14-6-5-9-17(12-14)22-16-7-3-2-4-8-16/h2-9,12-13,19H,10-11H2,1H3,(H,20,21)/t13-/m1/s1. The van der Waals surface area contributed by atoms with Crippen LogP contribution < -0.4 is 4.74 Å². The Morgan fingerprint density at radius 1 is 1.14 bits per heavy atom. The van der Waals surface area contributed by atoms with Crippen LogP contribution in [0.15, 0.2) is 54.6 Å². The zero-order valence-corrected chi connectivity index (χ0v) is 12.5. The van der Waals surface area contributed by atoms with E-state index in [4.69, 9.17) is 15.3 Å². The molecule has 2 aromatic carbocycles. The van der Waals surface area contributed by atoms with Crippen LogP contribution in [0.1, 0.15) is 18.9 Å². The van der Waals surface area contributed by atoms with Crippen molar-refractivity contribution in [2.24, 2.45) is 5.92 Å². The van der Waals surface area contributed by atoms with Gasteiger partial charge in [0.15, 0.2) is 0 Å². The average Bonchev–Trinajstić information content (AvgIpc) is 2.48. The Balaban J connectivity index is 1.99. The fourth-order valence-corrected chi connectivity index (χ4v) is 2.12. The lowest BCUT2D eigenvalue weighted by Gasteiger charge is -2.10. The molecule has 0 unspecified atom stereocenters. The zero-order chi connectivity index (χ0) is 15.9. The number of hydrogen-bond donors (Lipinski definition) is 2.